The molecule has 0 saturated carbocycles. The molecule has 1 heterocycles. The number of aromatic nitrogens is 3. The Labute approximate surface area is 172 Å². The number of aryl methyl sites for hydroxylation is 1. The van der Waals surface area contributed by atoms with Crippen molar-refractivity contribution < 1.29 is 4.74 Å². The van der Waals surface area contributed by atoms with Gasteiger partial charge in [0.15, 0.2) is 5.96 Å². The van der Waals surface area contributed by atoms with Gasteiger partial charge in [-0.1, -0.05) is 24.3 Å². The van der Waals surface area contributed by atoms with E-state index in [1.165, 1.54) is 5.56 Å². The van der Waals surface area contributed by atoms with Crippen LogP contribution in [0, 0.1) is 0 Å². The van der Waals surface area contributed by atoms with E-state index in [2.05, 4.69) is 43.9 Å². The third-order valence-electron chi connectivity index (χ3n) is 3.56. The van der Waals surface area contributed by atoms with Crippen LogP contribution in [0.4, 0.5) is 0 Å². The van der Waals surface area contributed by atoms with Crippen LogP contribution in [-0.4, -0.2) is 33.4 Å². The highest BCUT2D eigenvalue weighted by atomic mass is 127. The van der Waals surface area contributed by atoms with Gasteiger partial charge in [-0.2, -0.15) is 5.10 Å². The number of rotatable bonds is 8. The molecule has 2 rings (SSSR count). The van der Waals surface area contributed by atoms with Gasteiger partial charge < -0.3 is 15.4 Å². The molecule has 0 aliphatic heterocycles. The van der Waals surface area contributed by atoms with E-state index in [-0.39, 0.29) is 30.1 Å². The van der Waals surface area contributed by atoms with E-state index in [9.17, 15) is 0 Å². The van der Waals surface area contributed by atoms with Crippen LogP contribution in [0.1, 0.15) is 37.7 Å². The maximum Gasteiger partial charge on any atom is 0.191 e. The van der Waals surface area contributed by atoms with Gasteiger partial charge in [0.25, 0.3) is 0 Å². The molecule has 1 aromatic heterocycles. The quantitative estimate of drug-likeness (QED) is 0.351. The van der Waals surface area contributed by atoms with Crippen LogP contribution in [0.15, 0.2) is 35.6 Å². The summed E-state index contributed by atoms with van der Waals surface area (Å²) in [6.45, 7) is 8.73. The van der Waals surface area contributed by atoms with Crippen LogP contribution in [0.2, 0.25) is 0 Å². The molecule has 0 spiro atoms. The second-order valence-corrected chi connectivity index (χ2v) is 6.03. The Hall–Kier alpha value is -1.68. The second kappa shape index (κ2) is 11.8. The summed E-state index contributed by atoms with van der Waals surface area (Å²) >= 11 is 0. The molecule has 0 aliphatic carbocycles. The summed E-state index contributed by atoms with van der Waals surface area (Å²) in [5.74, 6) is 1.62. The van der Waals surface area contributed by atoms with E-state index in [0.29, 0.717) is 19.7 Å². The lowest BCUT2D eigenvalue weighted by Crippen LogP contribution is -2.37. The molecule has 0 radical (unpaired) electrons. The minimum atomic E-state index is 0. The fraction of sp³-hybridized carbons (Fsp3) is 0.500. The van der Waals surface area contributed by atoms with Crippen molar-refractivity contribution in [2.45, 2.75) is 46.6 Å². The first-order valence-electron chi connectivity index (χ1n) is 8.63. The molecule has 0 bridgehead atoms. The third-order valence-corrected chi connectivity index (χ3v) is 3.56. The molecule has 26 heavy (non-hydrogen) atoms. The van der Waals surface area contributed by atoms with Gasteiger partial charge in [-0.25, -0.2) is 9.98 Å². The highest BCUT2D eigenvalue weighted by Crippen LogP contribution is 2.09. The number of benzene rings is 1. The topological polar surface area (TPSA) is 76.4 Å². The summed E-state index contributed by atoms with van der Waals surface area (Å²) in [5, 5.41) is 10.6. The predicted molar refractivity (Wildman–Crippen MR) is 114 cm³/mol. The summed E-state index contributed by atoms with van der Waals surface area (Å²) in [6, 6.07) is 8.34. The molecule has 8 heteroatoms. The summed E-state index contributed by atoms with van der Waals surface area (Å²) in [6.07, 6.45) is 1.78. The van der Waals surface area contributed by atoms with Crippen LogP contribution in [0.5, 0.6) is 0 Å². The van der Waals surface area contributed by atoms with Gasteiger partial charge in [0.05, 0.1) is 25.8 Å². The van der Waals surface area contributed by atoms with E-state index < -0.39 is 0 Å². The normalized spacial score (nSPS) is 11.3. The Morgan fingerprint density at radius 1 is 1.27 bits per heavy atom. The molecular weight excluding hydrogens is 443 g/mol. The Morgan fingerprint density at radius 2 is 2.04 bits per heavy atom. The molecule has 0 unspecified atom stereocenters. The van der Waals surface area contributed by atoms with Crippen LogP contribution >= 0.6 is 24.0 Å². The standard InChI is InChI=1S/C18H28N6O.HI/c1-5-19-18(21-11-17-22-13-23-24(17)4)20-10-15-7-6-8-16(9-15)12-25-14(2)3;/h6-9,13-14H,5,10-12H2,1-4H3,(H2,19,20,21);1H. The Morgan fingerprint density at radius 3 is 2.69 bits per heavy atom. The van der Waals surface area contributed by atoms with Crippen LogP contribution in [0.25, 0.3) is 0 Å². The zero-order chi connectivity index (χ0) is 18.1. The number of halogens is 1. The summed E-state index contributed by atoms with van der Waals surface area (Å²) < 4.78 is 7.41. The Balaban J connectivity index is 0.00000338. The van der Waals surface area contributed by atoms with Crippen molar-refractivity contribution in [3.8, 4) is 0 Å². The average Bonchev–Trinajstić information content (AvgIpc) is 3.01. The van der Waals surface area contributed by atoms with Crippen molar-refractivity contribution in [2.75, 3.05) is 6.54 Å². The maximum atomic E-state index is 5.66. The largest absolute Gasteiger partial charge is 0.374 e. The molecule has 0 saturated heterocycles. The van der Waals surface area contributed by atoms with E-state index in [1.807, 2.05) is 33.9 Å². The van der Waals surface area contributed by atoms with Gasteiger partial charge in [-0.05, 0) is 31.9 Å². The highest BCUT2D eigenvalue weighted by Gasteiger charge is 2.03. The molecule has 0 aliphatic rings. The fourth-order valence-electron chi connectivity index (χ4n) is 2.24. The number of ether oxygens (including phenoxy) is 1. The molecule has 144 valence electrons. The van der Waals surface area contributed by atoms with E-state index >= 15 is 0 Å². The fourth-order valence-corrected chi connectivity index (χ4v) is 2.24. The summed E-state index contributed by atoms with van der Waals surface area (Å²) in [7, 11) is 1.87. The van der Waals surface area contributed by atoms with Gasteiger partial charge in [0.2, 0.25) is 0 Å². The first kappa shape index (κ1) is 22.4. The number of hydrogen-bond donors (Lipinski definition) is 2. The first-order valence-corrected chi connectivity index (χ1v) is 8.63. The van der Waals surface area contributed by atoms with Crippen molar-refractivity contribution in [3.05, 3.63) is 47.5 Å². The summed E-state index contributed by atoms with van der Waals surface area (Å²) in [4.78, 5) is 8.85. The lowest BCUT2D eigenvalue weighted by atomic mass is 10.1. The molecule has 0 atom stereocenters. The molecule has 0 fully saturated rings. The highest BCUT2D eigenvalue weighted by molar-refractivity contribution is 14.0. The van der Waals surface area contributed by atoms with Crippen LogP contribution in [-0.2, 0) is 31.5 Å². The maximum absolute atomic E-state index is 5.66. The number of aliphatic imine (C=N–C) groups is 1. The van der Waals surface area contributed by atoms with E-state index in [1.54, 1.807) is 11.0 Å². The lowest BCUT2D eigenvalue weighted by molar-refractivity contribution is 0.0657. The number of guanidine groups is 1. The minimum Gasteiger partial charge on any atom is -0.374 e. The second-order valence-electron chi connectivity index (χ2n) is 6.03. The molecule has 1 aromatic carbocycles. The van der Waals surface area contributed by atoms with Crippen molar-refractivity contribution in [1.29, 1.82) is 0 Å². The van der Waals surface area contributed by atoms with E-state index in [0.717, 1.165) is 23.9 Å². The monoisotopic (exact) mass is 472 g/mol. The predicted octanol–water partition coefficient (Wildman–Crippen LogP) is 2.61. The van der Waals surface area contributed by atoms with Gasteiger partial charge in [-0.3, -0.25) is 4.68 Å². The van der Waals surface area contributed by atoms with Crippen LogP contribution < -0.4 is 10.6 Å². The van der Waals surface area contributed by atoms with Crippen molar-refractivity contribution in [3.63, 3.8) is 0 Å². The smallest absolute Gasteiger partial charge is 0.191 e. The molecule has 0 amide bonds. The minimum absolute atomic E-state index is 0. The number of hydrogen-bond acceptors (Lipinski definition) is 4. The number of nitrogens with zero attached hydrogens (tertiary/aromatic N) is 4. The summed E-state index contributed by atoms with van der Waals surface area (Å²) in [5.41, 5.74) is 2.32. The van der Waals surface area contributed by atoms with Gasteiger partial charge in [0.1, 0.15) is 12.2 Å². The van der Waals surface area contributed by atoms with Crippen molar-refractivity contribution in [1.82, 2.24) is 25.4 Å². The lowest BCUT2D eigenvalue weighted by Gasteiger charge is -2.11. The molecular formula is C18H29IN6O. The van der Waals surface area contributed by atoms with Crippen molar-refractivity contribution >= 4 is 29.9 Å². The third kappa shape index (κ3) is 7.69. The Bertz CT molecular complexity index is 686. The van der Waals surface area contributed by atoms with E-state index in [4.69, 9.17) is 4.74 Å². The van der Waals surface area contributed by atoms with Crippen molar-refractivity contribution in [2.24, 2.45) is 12.0 Å². The number of nitrogens with one attached hydrogen (secondary N) is 2. The average molecular weight is 472 g/mol. The van der Waals surface area contributed by atoms with Crippen LogP contribution in [0.3, 0.4) is 0 Å². The van der Waals surface area contributed by atoms with Gasteiger partial charge in [0, 0.05) is 13.6 Å². The molecule has 2 aromatic rings. The Kier molecular flexibility index (Phi) is 10.2. The molecule has 7 nitrogen and oxygen atoms in total. The molecule has 2 N–H and O–H groups in total. The zero-order valence-electron chi connectivity index (χ0n) is 15.9. The first-order chi connectivity index (χ1) is 12.1. The zero-order valence-corrected chi connectivity index (χ0v) is 18.2. The SMILES string of the molecule is CCNC(=NCc1cccc(COC(C)C)c1)NCc1ncnn1C.I. The van der Waals surface area contributed by atoms with Gasteiger partial charge in [-0.15, -0.1) is 24.0 Å². The van der Waals surface area contributed by atoms with Gasteiger partial charge >= 0.3 is 0 Å².